The van der Waals surface area contributed by atoms with Crippen molar-refractivity contribution in [1.29, 1.82) is 0 Å². The van der Waals surface area contributed by atoms with Gasteiger partial charge in [0, 0.05) is 12.6 Å². The average Bonchev–Trinajstić information content (AvgIpc) is 3.14. The van der Waals surface area contributed by atoms with E-state index in [0.717, 1.165) is 24.8 Å². The lowest BCUT2D eigenvalue weighted by Crippen LogP contribution is -2.41. The number of anilines is 1. The summed E-state index contributed by atoms with van der Waals surface area (Å²) in [5, 5.41) is 4.92. The molecule has 1 aromatic heterocycles. The Morgan fingerprint density at radius 3 is 2.50 bits per heavy atom. The third kappa shape index (κ3) is 4.25. The van der Waals surface area contributed by atoms with E-state index in [-0.39, 0.29) is 23.4 Å². The third-order valence-corrected chi connectivity index (χ3v) is 8.25. The number of aryl methyl sites for hydroxylation is 1. The van der Waals surface area contributed by atoms with Crippen LogP contribution in [-0.4, -0.2) is 26.9 Å². The number of benzene rings is 1. The van der Waals surface area contributed by atoms with Crippen molar-refractivity contribution in [3.05, 3.63) is 46.2 Å². The van der Waals surface area contributed by atoms with Crippen LogP contribution in [0.15, 0.2) is 40.6 Å². The molecule has 0 aliphatic heterocycles. The summed E-state index contributed by atoms with van der Waals surface area (Å²) in [6.45, 7) is 6.13. The van der Waals surface area contributed by atoms with E-state index < -0.39 is 10.0 Å². The van der Waals surface area contributed by atoms with Gasteiger partial charge in [0.25, 0.3) is 15.9 Å². The van der Waals surface area contributed by atoms with Gasteiger partial charge in [-0.3, -0.25) is 9.10 Å². The highest BCUT2D eigenvalue weighted by atomic mass is 32.2. The molecule has 0 bridgehead atoms. The maximum Gasteiger partial charge on any atom is 0.264 e. The highest BCUT2D eigenvalue weighted by molar-refractivity contribution is 7.92. The molecular weight excluding hydrogens is 392 g/mol. The van der Waals surface area contributed by atoms with Gasteiger partial charge in [-0.25, -0.2) is 8.42 Å². The van der Waals surface area contributed by atoms with Gasteiger partial charge in [-0.05, 0) is 56.2 Å². The molecule has 1 fully saturated rings. The van der Waals surface area contributed by atoms with Gasteiger partial charge in [-0.2, -0.15) is 0 Å². The smallest absolute Gasteiger partial charge is 0.264 e. The maximum absolute atomic E-state index is 13.2. The first kappa shape index (κ1) is 20.9. The predicted molar refractivity (Wildman–Crippen MR) is 115 cm³/mol. The Balaban J connectivity index is 1.87. The third-order valence-electron chi connectivity index (χ3n) is 5.44. The molecule has 0 spiro atoms. The number of amides is 1. The summed E-state index contributed by atoms with van der Waals surface area (Å²) in [5.41, 5.74) is 1.45. The van der Waals surface area contributed by atoms with Crippen LogP contribution in [0.1, 0.15) is 54.8 Å². The molecule has 5 nitrogen and oxygen atoms in total. The second-order valence-electron chi connectivity index (χ2n) is 7.46. The Kier molecular flexibility index (Phi) is 6.45. The van der Waals surface area contributed by atoms with Gasteiger partial charge in [-0.15, -0.1) is 11.3 Å². The molecule has 1 saturated carbocycles. The molecule has 1 heterocycles. The van der Waals surface area contributed by atoms with E-state index in [1.807, 2.05) is 6.92 Å². The molecule has 1 aliphatic rings. The van der Waals surface area contributed by atoms with Gasteiger partial charge in [0.15, 0.2) is 0 Å². The number of nitrogens with one attached hydrogen (secondary N) is 1. The van der Waals surface area contributed by atoms with Gasteiger partial charge in [-0.1, -0.05) is 37.5 Å². The van der Waals surface area contributed by atoms with E-state index in [9.17, 15) is 13.2 Å². The van der Waals surface area contributed by atoms with Crippen molar-refractivity contribution in [2.45, 2.75) is 57.4 Å². The summed E-state index contributed by atoms with van der Waals surface area (Å²) >= 11 is 1.29. The number of sulfonamides is 1. The normalized spacial score (nSPS) is 20.0. The van der Waals surface area contributed by atoms with Crippen molar-refractivity contribution in [2.24, 2.45) is 5.92 Å². The van der Waals surface area contributed by atoms with Gasteiger partial charge in [0.1, 0.15) is 4.88 Å². The first-order chi connectivity index (χ1) is 13.3. The van der Waals surface area contributed by atoms with Crippen molar-refractivity contribution in [3.8, 4) is 0 Å². The minimum Gasteiger partial charge on any atom is -0.348 e. The van der Waals surface area contributed by atoms with Crippen LogP contribution in [0.3, 0.4) is 0 Å². The molecule has 152 valence electrons. The average molecular weight is 421 g/mol. The number of carbonyl (C=O) groups is 1. The van der Waals surface area contributed by atoms with E-state index in [1.165, 1.54) is 22.1 Å². The zero-order valence-electron chi connectivity index (χ0n) is 16.6. The molecule has 2 atom stereocenters. The Labute approximate surface area is 171 Å². The van der Waals surface area contributed by atoms with Crippen LogP contribution in [0.25, 0.3) is 0 Å². The van der Waals surface area contributed by atoms with E-state index >= 15 is 0 Å². The standard InChI is InChI=1S/C21H28N2O3S2/c1-4-23(28(25,26)17-11-9-15(2)10-12-17)19-13-14-27-20(19)21(24)22-18-8-6-5-7-16(18)3/h9-14,16,18H,4-8H2,1-3H3,(H,22,24)/t16-,18+/m0/s1. The van der Waals surface area contributed by atoms with E-state index in [2.05, 4.69) is 12.2 Å². The number of carbonyl (C=O) groups excluding carboxylic acids is 1. The van der Waals surface area contributed by atoms with Crippen LogP contribution < -0.4 is 9.62 Å². The number of thiophene rings is 1. The topological polar surface area (TPSA) is 66.5 Å². The number of nitrogens with zero attached hydrogens (tertiary/aromatic N) is 1. The molecule has 1 aliphatic carbocycles. The molecule has 1 aromatic carbocycles. The summed E-state index contributed by atoms with van der Waals surface area (Å²) in [5.74, 6) is 0.265. The number of hydrogen-bond acceptors (Lipinski definition) is 4. The highest BCUT2D eigenvalue weighted by Gasteiger charge is 2.30. The lowest BCUT2D eigenvalue weighted by molar-refractivity contribution is 0.0915. The second kappa shape index (κ2) is 8.66. The van der Waals surface area contributed by atoms with E-state index in [1.54, 1.807) is 42.6 Å². The molecule has 3 rings (SSSR count). The fourth-order valence-corrected chi connectivity index (χ4v) is 6.08. The Bertz CT molecular complexity index is 919. The number of hydrogen-bond donors (Lipinski definition) is 1. The summed E-state index contributed by atoms with van der Waals surface area (Å²) in [6.07, 6.45) is 4.42. The quantitative estimate of drug-likeness (QED) is 0.744. The summed E-state index contributed by atoms with van der Waals surface area (Å²) in [7, 11) is -3.73. The monoisotopic (exact) mass is 420 g/mol. The molecule has 2 aromatic rings. The summed E-state index contributed by atoms with van der Waals surface area (Å²) < 4.78 is 27.7. The van der Waals surface area contributed by atoms with Crippen LogP contribution in [0, 0.1) is 12.8 Å². The summed E-state index contributed by atoms with van der Waals surface area (Å²) in [6, 6.07) is 8.67. The van der Waals surface area contributed by atoms with Crippen molar-refractivity contribution >= 4 is 33.0 Å². The molecule has 28 heavy (non-hydrogen) atoms. The first-order valence-corrected chi connectivity index (χ1v) is 12.1. The molecule has 0 saturated heterocycles. The van der Waals surface area contributed by atoms with Gasteiger partial charge >= 0.3 is 0 Å². The van der Waals surface area contributed by atoms with Crippen LogP contribution in [0.4, 0.5) is 5.69 Å². The molecule has 1 amide bonds. The molecule has 0 unspecified atom stereocenters. The van der Waals surface area contributed by atoms with Crippen molar-refractivity contribution in [2.75, 3.05) is 10.8 Å². The van der Waals surface area contributed by atoms with Gasteiger partial charge in [0.2, 0.25) is 0 Å². The zero-order valence-corrected chi connectivity index (χ0v) is 18.3. The Morgan fingerprint density at radius 1 is 1.18 bits per heavy atom. The fraction of sp³-hybridized carbons (Fsp3) is 0.476. The fourth-order valence-electron chi connectivity index (χ4n) is 3.74. The van der Waals surface area contributed by atoms with Crippen LogP contribution in [-0.2, 0) is 10.0 Å². The minimum absolute atomic E-state index is 0.153. The predicted octanol–water partition coefficient (Wildman–Crippen LogP) is 4.58. The van der Waals surface area contributed by atoms with Crippen molar-refractivity contribution in [3.63, 3.8) is 0 Å². The van der Waals surface area contributed by atoms with Gasteiger partial charge in [0.05, 0.1) is 10.6 Å². The van der Waals surface area contributed by atoms with Crippen LogP contribution in [0.2, 0.25) is 0 Å². The first-order valence-electron chi connectivity index (χ1n) is 9.82. The van der Waals surface area contributed by atoms with E-state index in [4.69, 9.17) is 0 Å². The number of rotatable bonds is 6. The van der Waals surface area contributed by atoms with Crippen LogP contribution in [0.5, 0.6) is 0 Å². The lowest BCUT2D eigenvalue weighted by Gasteiger charge is -2.30. The zero-order chi connectivity index (χ0) is 20.3. The highest BCUT2D eigenvalue weighted by Crippen LogP contribution is 2.32. The molecular formula is C21H28N2O3S2. The van der Waals surface area contributed by atoms with Crippen molar-refractivity contribution < 1.29 is 13.2 Å². The Morgan fingerprint density at radius 2 is 1.86 bits per heavy atom. The Hall–Kier alpha value is -1.86. The lowest BCUT2D eigenvalue weighted by atomic mass is 9.86. The van der Waals surface area contributed by atoms with Crippen LogP contribution >= 0.6 is 11.3 Å². The second-order valence-corrected chi connectivity index (χ2v) is 10.2. The van der Waals surface area contributed by atoms with E-state index in [0.29, 0.717) is 16.5 Å². The molecule has 7 heteroatoms. The minimum atomic E-state index is -3.73. The largest absolute Gasteiger partial charge is 0.348 e. The maximum atomic E-state index is 13.2. The SMILES string of the molecule is CCN(c1ccsc1C(=O)N[C@@H]1CCCC[C@@H]1C)S(=O)(=O)c1ccc(C)cc1. The van der Waals surface area contributed by atoms with Crippen molar-refractivity contribution in [1.82, 2.24) is 5.32 Å². The summed E-state index contributed by atoms with van der Waals surface area (Å²) in [4.78, 5) is 13.6. The molecule has 1 N–H and O–H groups in total. The van der Waals surface area contributed by atoms with Gasteiger partial charge < -0.3 is 5.32 Å². The molecule has 0 radical (unpaired) electrons.